The van der Waals surface area contributed by atoms with Gasteiger partial charge in [-0.05, 0) is 19.8 Å². The van der Waals surface area contributed by atoms with E-state index in [0.29, 0.717) is 13.0 Å². The van der Waals surface area contributed by atoms with E-state index in [4.69, 9.17) is 5.11 Å². The molecule has 1 rings (SSSR count). The van der Waals surface area contributed by atoms with E-state index >= 15 is 0 Å². The zero-order chi connectivity index (χ0) is 11.8. The SMILES string of the molecule is CC(CCCO)NC(=O)CCn1ccnc1. The Morgan fingerprint density at radius 2 is 2.44 bits per heavy atom. The first-order valence-corrected chi connectivity index (χ1v) is 5.58. The van der Waals surface area contributed by atoms with Crippen LogP contribution in [0.5, 0.6) is 0 Å². The van der Waals surface area contributed by atoms with E-state index in [1.54, 1.807) is 12.5 Å². The van der Waals surface area contributed by atoms with Crippen molar-refractivity contribution in [3.8, 4) is 0 Å². The van der Waals surface area contributed by atoms with Crippen molar-refractivity contribution in [1.82, 2.24) is 14.9 Å². The van der Waals surface area contributed by atoms with Gasteiger partial charge in [0.15, 0.2) is 0 Å². The lowest BCUT2D eigenvalue weighted by molar-refractivity contribution is -0.121. The van der Waals surface area contributed by atoms with E-state index in [2.05, 4.69) is 10.3 Å². The van der Waals surface area contributed by atoms with Crippen LogP contribution < -0.4 is 5.32 Å². The number of hydrogen-bond donors (Lipinski definition) is 2. The summed E-state index contributed by atoms with van der Waals surface area (Å²) in [4.78, 5) is 15.4. The summed E-state index contributed by atoms with van der Waals surface area (Å²) in [6.07, 6.45) is 7.23. The van der Waals surface area contributed by atoms with Crippen LogP contribution in [0.15, 0.2) is 18.7 Å². The molecule has 0 aromatic carbocycles. The van der Waals surface area contributed by atoms with Gasteiger partial charge in [0.05, 0.1) is 6.33 Å². The largest absolute Gasteiger partial charge is 0.396 e. The van der Waals surface area contributed by atoms with Crippen LogP contribution in [0, 0.1) is 0 Å². The smallest absolute Gasteiger partial charge is 0.221 e. The van der Waals surface area contributed by atoms with E-state index in [9.17, 15) is 4.79 Å². The molecular formula is C11H19N3O2. The summed E-state index contributed by atoms with van der Waals surface area (Å²) in [6.45, 7) is 2.78. The Bertz CT molecular complexity index is 298. The lowest BCUT2D eigenvalue weighted by Crippen LogP contribution is -2.33. The first-order chi connectivity index (χ1) is 7.72. The zero-order valence-electron chi connectivity index (χ0n) is 9.59. The number of aliphatic hydroxyl groups is 1. The Hall–Kier alpha value is -1.36. The number of hydrogen-bond acceptors (Lipinski definition) is 3. The fourth-order valence-electron chi connectivity index (χ4n) is 1.47. The highest BCUT2D eigenvalue weighted by Gasteiger charge is 2.06. The number of aryl methyl sites for hydroxylation is 1. The number of imidazole rings is 1. The molecule has 0 fully saturated rings. The van der Waals surface area contributed by atoms with Crippen LogP contribution in [0.25, 0.3) is 0 Å². The lowest BCUT2D eigenvalue weighted by Gasteiger charge is -2.13. The molecule has 0 saturated heterocycles. The van der Waals surface area contributed by atoms with Crippen LogP contribution in [0.2, 0.25) is 0 Å². The molecule has 0 bridgehead atoms. The van der Waals surface area contributed by atoms with Crippen LogP contribution in [-0.2, 0) is 11.3 Å². The molecule has 0 spiro atoms. The molecule has 1 heterocycles. The average Bonchev–Trinajstić information content (AvgIpc) is 2.76. The summed E-state index contributed by atoms with van der Waals surface area (Å²) in [6, 6.07) is 0.127. The Morgan fingerprint density at radius 1 is 1.62 bits per heavy atom. The summed E-state index contributed by atoms with van der Waals surface area (Å²) in [5.41, 5.74) is 0. The third kappa shape index (κ3) is 4.93. The van der Waals surface area contributed by atoms with Gasteiger partial charge in [0.1, 0.15) is 0 Å². The molecular weight excluding hydrogens is 206 g/mol. The lowest BCUT2D eigenvalue weighted by atomic mass is 10.2. The number of carbonyl (C=O) groups excluding carboxylic acids is 1. The highest BCUT2D eigenvalue weighted by molar-refractivity contribution is 5.76. The van der Waals surface area contributed by atoms with Crippen LogP contribution in [0.3, 0.4) is 0 Å². The molecule has 1 amide bonds. The number of aliphatic hydroxyl groups excluding tert-OH is 1. The second kappa shape index (κ2) is 7.00. The molecule has 5 nitrogen and oxygen atoms in total. The molecule has 5 heteroatoms. The highest BCUT2D eigenvalue weighted by Crippen LogP contribution is 1.97. The summed E-state index contributed by atoms with van der Waals surface area (Å²) in [7, 11) is 0. The van der Waals surface area contributed by atoms with Crippen molar-refractivity contribution in [3.05, 3.63) is 18.7 Å². The van der Waals surface area contributed by atoms with E-state index in [-0.39, 0.29) is 18.6 Å². The predicted molar refractivity (Wildman–Crippen MR) is 60.8 cm³/mol. The van der Waals surface area contributed by atoms with Gasteiger partial charge in [0.2, 0.25) is 5.91 Å². The maximum atomic E-state index is 11.5. The fraction of sp³-hybridized carbons (Fsp3) is 0.636. The van der Waals surface area contributed by atoms with Crippen LogP contribution in [-0.4, -0.2) is 33.2 Å². The molecule has 1 aromatic heterocycles. The number of rotatable bonds is 7. The van der Waals surface area contributed by atoms with Crippen molar-refractivity contribution in [1.29, 1.82) is 0 Å². The summed E-state index contributed by atoms with van der Waals surface area (Å²) in [5.74, 6) is 0.0409. The van der Waals surface area contributed by atoms with E-state index in [1.165, 1.54) is 0 Å². The molecule has 0 radical (unpaired) electrons. The molecule has 2 N–H and O–H groups in total. The van der Waals surface area contributed by atoms with Gasteiger partial charge in [0, 0.05) is 38.0 Å². The van der Waals surface area contributed by atoms with E-state index in [1.807, 2.05) is 17.7 Å². The van der Waals surface area contributed by atoms with Crippen molar-refractivity contribution in [2.75, 3.05) is 6.61 Å². The summed E-state index contributed by atoms with van der Waals surface area (Å²) >= 11 is 0. The first kappa shape index (κ1) is 12.7. The maximum Gasteiger partial charge on any atom is 0.221 e. The van der Waals surface area contributed by atoms with Crippen molar-refractivity contribution in [2.24, 2.45) is 0 Å². The van der Waals surface area contributed by atoms with Crippen LogP contribution >= 0.6 is 0 Å². The van der Waals surface area contributed by atoms with Gasteiger partial charge in [-0.25, -0.2) is 4.98 Å². The number of amides is 1. The number of aromatic nitrogens is 2. The summed E-state index contributed by atoms with van der Waals surface area (Å²) < 4.78 is 1.87. The van der Waals surface area contributed by atoms with Gasteiger partial charge < -0.3 is 15.0 Å². The molecule has 0 saturated carbocycles. The molecule has 1 atom stereocenters. The molecule has 0 aliphatic heterocycles. The van der Waals surface area contributed by atoms with Crippen molar-refractivity contribution >= 4 is 5.91 Å². The Labute approximate surface area is 95.5 Å². The predicted octanol–water partition coefficient (Wildman–Crippen LogP) is 0.550. The topological polar surface area (TPSA) is 67.2 Å². The van der Waals surface area contributed by atoms with Crippen molar-refractivity contribution in [3.63, 3.8) is 0 Å². The third-order valence-corrected chi connectivity index (χ3v) is 2.36. The zero-order valence-corrected chi connectivity index (χ0v) is 9.59. The third-order valence-electron chi connectivity index (χ3n) is 2.36. The van der Waals surface area contributed by atoms with Crippen LogP contribution in [0.1, 0.15) is 26.2 Å². The fourth-order valence-corrected chi connectivity index (χ4v) is 1.47. The van der Waals surface area contributed by atoms with Crippen molar-refractivity contribution in [2.45, 2.75) is 38.8 Å². The molecule has 1 unspecified atom stereocenters. The number of carbonyl (C=O) groups is 1. The second-order valence-electron chi connectivity index (χ2n) is 3.88. The maximum absolute atomic E-state index is 11.5. The molecule has 16 heavy (non-hydrogen) atoms. The van der Waals surface area contributed by atoms with Gasteiger partial charge in [-0.3, -0.25) is 4.79 Å². The van der Waals surface area contributed by atoms with Gasteiger partial charge in [-0.2, -0.15) is 0 Å². The quantitative estimate of drug-likeness (QED) is 0.712. The normalized spacial score (nSPS) is 12.4. The molecule has 0 aliphatic carbocycles. The van der Waals surface area contributed by atoms with E-state index in [0.717, 1.165) is 12.8 Å². The number of nitrogens with zero attached hydrogens (tertiary/aromatic N) is 2. The Balaban J connectivity index is 2.15. The van der Waals surface area contributed by atoms with Gasteiger partial charge >= 0.3 is 0 Å². The summed E-state index contributed by atoms with van der Waals surface area (Å²) in [5, 5.41) is 11.5. The van der Waals surface area contributed by atoms with Gasteiger partial charge in [-0.1, -0.05) is 0 Å². The van der Waals surface area contributed by atoms with Gasteiger partial charge in [-0.15, -0.1) is 0 Å². The van der Waals surface area contributed by atoms with E-state index < -0.39 is 0 Å². The standard InChI is InChI=1S/C11H19N3O2/c1-10(3-2-8-15)13-11(16)4-6-14-7-5-12-9-14/h5,7,9-10,15H,2-4,6,8H2,1H3,(H,13,16). The Kier molecular flexibility index (Phi) is 5.56. The average molecular weight is 225 g/mol. The van der Waals surface area contributed by atoms with Crippen molar-refractivity contribution < 1.29 is 9.90 Å². The van der Waals surface area contributed by atoms with Gasteiger partial charge in [0.25, 0.3) is 0 Å². The Morgan fingerprint density at radius 3 is 3.06 bits per heavy atom. The van der Waals surface area contributed by atoms with Crippen LogP contribution in [0.4, 0.5) is 0 Å². The monoisotopic (exact) mass is 225 g/mol. The minimum Gasteiger partial charge on any atom is -0.396 e. The minimum atomic E-state index is 0.0409. The highest BCUT2D eigenvalue weighted by atomic mass is 16.2. The molecule has 90 valence electrons. The minimum absolute atomic E-state index is 0.0409. The molecule has 0 aliphatic rings. The number of nitrogens with one attached hydrogen (secondary N) is 1. The second-order valence-corrected chi connectivity index (χ2v) is 3.88. The molecule has 1 aromatic rings. The first-order valence-electron chi connectivity index (χ1n) is 5.58.